The maximum atomic E-state index is 12.6. The Morgan fingerprint density at radius 1 is 1.07 bits per heavy atom. The molecule has 0 aliphatic heterocycles. The molecule has 2 rings (SSSR count). The van der Waals surface area contributed by atoms with Gasteiger partial charge in [0.1, 0.15) is 5.75 Å². The van der Waals surface area contributed by atoms with Crippen molar-refractivity contribution in [3.8, 4) is 5.75 Å². The zero-order chi connectivity index (χ0) is 20.9. The van der Waals surface area contributed by atoms with Gasteiger partial charge in [-0.2, -0.15) is 4.31 Å². The van der Waals surface area contributed by atoms with E-state index in [-0.39, 0.29) is 4.90 Å². The van der Waals surface area contributed by atoms with Gasteiger partial charge in [-0.3, -0.25) is 4.79 Å². The quantitative estimate of drug-likeness (QED) is 0.706. The van der Waals surface area contributed by atoms with E-state index in [4.69, 9.17) is 9.47 Å². The summed E-state index contributed by atoms with van der Waals surface area (Å²) in [6.07, 6.45) is 0. The Morgan fingerprint density at radius 2 is 1.71 bits per heavy atom. The first-order chi connectivity index (χ1) is 13.2. The van der Waals surface area contributed by atoms with Gasteiger partial charge in [0, 0.05) is 12.7 Å². The summed E-state index contributed by atoms with van der Waals surface area (Å²) in [6, 6.07) is 10.7. The maximum Gasteiger partial charge on any atom is 0.338 e. The third kappa shape index (κ3) is 4.68. The van der Waals surface area contributed by atoms with Gasteiger partial charge in [-0.05, 0) is 48.9 Å². The summed E-state index contributed by atoms with van der Waals surface area (Å²) >= 11 is 0. The van der Waals surface area contributed by atoms with E-state index in [0.717, 1.165) is 4.31 Å². The minimum atomic E-state index is -3.84. The number of anilines is 1. The lowest BCUT2D eigenvalue weighted by atomic mass is 10.1. The van der Waals surface area contributed by atoms with Gasteiger partial charge in [0.15, 0.2) is 0 Å². The van der Waals surface area contributed by atoms with E-state index in [1.807, 2.05) is 0 Å². The van der Waals surface area contributed by atoms with Crippen molar-refractivity contribution in [2.45, 2.75) is 11.8 Å². The van der Waals surface area contributed by atoms with E-state index >= 15 is 0 Å². The second-order valence-electron chi connectivity index (χ2n) is 5.95. The summed E-state index contributed by atoms with van der Waals surface area (Å²) in [6.45, 7) is 1.27. The van der Waals surface area contributed by atoms with Crippen LogP contribution in [-0.4, -0.2) is 52.4 Å². The Morgan fingerprint density at radius 3 is 2.29 bits per heavy atom. The first kappa shape index (κ1) is 21.4. The average Bonchev–Trinajstić information content (AvgIpc) is 2.68. The molecule has 0 saturated carbocycles. The number of methoxy groups -OCH3 is 2. The number of nitrogens with zero attached hydrogens (tertiary/aromatic N) is 1. The largest absolute Gasteiger partial charge is 0.497 e. The highest BCUT2D eigenvalue weighted by Crippen LogP contribution is 2.21. The molecule has 0 heterocycles. The number of likely N-dealkylation sites (N-methyl/N-ethyl adjacent to an activating group) is 1. The molecule has 9 heteroatoms. The Labute approximate surface area is 164 Å². The summed E-state index contributed by atoms with van der Waals surface area (Å²) < 4.78 is 35.9. The van der Waals surface area contributed by atoms with Crippen LogP contribution in [0.2, 0.25) is 0 Å². The second-order valence-corrected chi connectivity index (χ2v) is 8.00. The Hall–Kier alpha value is -2.91. The van der Waals surface area contributed by atoms with Crippen LogP contribution in [0, 0.1) is 6.92 Å². The third-order valence-electron chi connectivity index (χ3n) is 4.15. The number of ether oxygens (including phenoxy) is 2. The predicted octanol–water partition coefficient (Wildman–Crippen LogP) is 2.05. The van der Waals surface area contributed by atoms with Gasteiger partial charge in [-0.15, -0.1) is 0 Å². The normalized spacial score (nSPS) is 11.2. The van der Waals surface area contributed by atoms with Crippen molar-refractivity contribution < 1.29 is 27.5 Å². The van der Waals surface area contributed by atoms with Crippen molar-refractivity contribution >= 4 is 27.6 Å². The van der Waals surface area contributed by atoms with Crippen molar-refractivity contribution in [2.75, 3.05) is 33.1 Å². The molecule has 0 radical (unpaired) electrons. The van der Waals surface area contributed by atoms with Gasteiger partial charge in [0.25, 0.3) is 0 Å². The van der Waals surface area contributed by atoms with Gasteiger partial charge in [0.05, 0.1) is 31.2 Å². The first-order valence-corrected chi connectivity index (χ1v) is 9.73. The van der Waals surface area contributed by atoms with E-state index < -0.39 is 28.4 Å². The lowest BCUT2D eigenvalue weighted by Gasteiger charge is -2.18. The first-order valence-electron chi connectivity index (χ1n) is 8.29. The molecule has 0 unspecified atom stereocenters. The monoisotopic (exact) mass is 406 g/mol. The number of esters is 1. The highest BCUT2D eigenvalue weighted by Gasteiger charge is 2.23. The number of nitrogens with one attached hydrogen (secondary N) is 1. The topological polar surface area (TPSA) is 102 Å². The molecule has 8 nitrogen and oxygen atoms in total. The standard InChI is InChI=1S/C19H22N2O6S/c1-13-16(19(23)27-4)6-5-7-17(13)20-18(22)12-21(2)28(24,25)15-10-8-14(26-3)9-11-15/h5-11H,12H2,1-4H3,(H,20,22). The molecule has 0 bridgehead atoms. The van der Waals surface area contributed by atoms with Crippen molar-refractivity contribution in [3.63, 3.8) is 0 Å². The Balaban J connectivity index is 2.13. The minimum Gasteiger partial charge on any atom is -0.497 e. The molecule has 0 aliphatic carbocycles. The highest BCUT2D eigenvalue weighted by molar-refractivity contribution is 7.89. The van der Waals surface area contributed by atoms with Gasteiger partial charge < -0.3 is 14.8 Å². The van der Waals surface area contributed by atoms with Crippen LogP contribution in [0.3, 0.4) is 0 Å². The molecule has 1 N–H and O–H groups in total. The van der Waals surface area contributed by atoms with E-state index in [9.17, 15) is 18.0 Å². The zero-order valence-corrected chi connectivity index (χ0v) is 16.9. The van der Waals surface area contributed by atoms with Crippen LogP contribution in [0.1, 0.15) is 15.9 Å². The smallest absolute Gasteiger partial charge is 0.338 e. The lowest BCUT2D eigenvalue weighted by Crippen LogP contribution is -2.35. The number of benzene rings is 2. The number of carbonyl (C=O) groups excluding carboxylic acids is 2. The van der Waals surface area contributed by atoms with Gasteiger partial charge in [-0.1, -0.05) is 6.07 Å². The average molecular weight is 406 g/mol. The molecule has 0 atom stereocenters. The number of hydrogen-bond acceptors (Lipinski definition) is 6. The van der Waals surface area contributed by atoms with Crippen molar-refractivity contribution in [1.29, 1.82) is 0 Å². The Bertz CT molecular complexity index is 970. The van der Waals surface area contributed by atoms with E-state index in [1.54, 1.807) is 25.1 Å². The van der Waals surface area contributed by atoms with Crippen LogP contribution in [0.15, 0.2) is 47.4 Å². The van der Waals surface area contributed by atoms with Crippen LogP contribution in [0.25, 0.3) is 0 Å². The molecular formula is C19H22N2O6S. The molecule has 0 fully saturated rings. The van der Waals surface area contributed by atoms with Crippen LogP contribution in [-0.2, 0) is 19.6 Å². The molecule has 2 aromatic carbocycles. The van der Waals surface area contributed by atoms with Crippen molar-refractivity contribution in [2.24, 2.45) is 0 Å². The third-order valence-corrected chi connectivity index (χ3v) is 5.96. The fourth-order valence-electron chi connectivity index (χ4n) is 2.51. The predicted molar refractivity (Wildman–Crippen MR) is 104 cm³/mol. The fraction of sp³-hybridized carbons (Fsp3) is 0.263. The van der Waals surface area contributed by atoms with Gasteiger partial charge in [-0.25, -0.2) is 13.2 Å². The van der Waals surface area contributed by atoms with Crippen LogP contribution in [0.4, 0.5) is 5.69 Å². The summed E-state index contributed by atoms with van der Waals surface area (Å²) in [5.41, 5.74) is 1.26. The number of carbonyl (C=O) groups is 2. The summed E-state index contributed by atoms with van der Waals surface area (Å²) in [5, 5.41) is 2.63. The molecule has 1 amide bonds. The van der Waals surface area contributed by atoms with Crippen molar-refractivity contribution in [1.82, 2.24) is 4.31 Å². The number of amides is 1. The van der Waals surface area contributed by atoms with Crippen LogP contribution >= 0.6 is 0 Å². The SMILES string of the molecule is COC(=O)c1cccc(NC(=O)CN(C)S(=O)(=O)c2ccc(OC)cc2)c1C. The minimum absolute atomic E-state index is 0.0486. The molecule has 0 aliphatic rings. The van der Waals surface area contributed by atoms with E-state index in [0.29, 0.717) is 22.6 Å². The van der Waals surface area contributed by atoms with Gasteiger partial charge in [0.2, 0.25) is 15.9 Å². The maximum absolute atomic E-state index is 12.6. The molecule has 0 spiro atoms. The highest BCUT2D eigenvalue weighted by atomic mass is 32.2. The summed E-state index contributed by atoms with van der Waals surface area (Å²) in [4.78, 5) is 24.2. The number of rotatable bonds is 7. The molecule has 150 valence electrons. The number of sulfonamides is 1. The Kier molecular flexibility index (Phi) is 6.76. The second kappa shape index (κ2) is 8.85. The van der Waals surface area contributed by atoms with Crippen LogP contribution < -0.4 is 10.1 Å². The van der Waals surface area contributed by atoms with Gasteiger partial charge >= 0.3 is 5.97 Å². The van der Waals surface area contributed by atoms with E-state index in [2.05, 4.69) is 5.32 Å². The zero-order valence-electron chi connectivity index (χ0n) is 16.1. The lowest BCUT2D eigenvalue weighted by molar-refractivity contribution is -0.116. The molecule has 28 heavy (non-hydrogen) atoms. The van der Waals surface area contributed by atoms with E-state index in [1.165, 1.54) is 45.5 Å². The molecule has 0 aromatic heterocycles. The fourth-order valence-corrected chi connectivity index (χ4v) is 3.63. The summed E-state index contributed by atoms with van der Waals surface area (Å²) in [5.74, 6) is -0.530. The van der Waals surface area contributed by atoms with Crippen molar-refractivity contribution in [3.05, 3.63) is 53.6 Å². The summed E-state index contributed by atoms with van der Waals surface area (Å²) in [7, 11) is 0.225. The molecule has 0 saturated heterocycles. The molecule has 2 aromatic rings. The number of hydrogen-bond donors (Lipinski definition) is 1. The van der Waals surface area contributed by atoms with Crippen LogP contribution in [0.5, 0.6) is 5.75 Å². The molecular weight excluding hydrogens is 384 g/mol.